The summed E-state index contributed by atoms with van der Waals surface area (Å²) < 4.78 is 24.9. The summed E-state index contributed by atoms with van der Waals surface area (Å²) in [7, 11) is 1.55. The first-order valence-electron chi connectivity index (χ1n) is 10.7. The van der Waals surface area contributed by atoms with E-state index in [1.165, 1.54) is 6.07 Å². The summed E-state index contributed by atoms with van der Waals surface area (Å²) >= 11 is 0. The summed E-state index contributed by atoms with van der Waals surface area (Å²) in [5.41, 5.74) is 1.11. The molecule has 1 aliphatic heterocycles. The van der Waals surface area contributed by atoms with Crippen LogP contribution in [0.15, 0.2) is 78.9 Å². The molecule has 2 atom stereocenters. The minimum Gasteiger partial charge on any atom is -0.497 e. The zero-order valence-electron chi connectivity index (χ0n) is 18.2. The Bertz CT molecular complexity index is 1100. The van der Waals surface area contributed by atoms with Gasteiger partial charge in [0.15, 0.2) is 11.6 Å². The molecule has 0 aliphatic carbocycles. The van der Waals surface area contributed by atoms with Crippen LogP contribution in [0, 0.1) is 5.82 Å². The molecule has 2 amide bonds. The second kappa shape index (κ2) is 10.2. The molecule has 0 saturated carbocycles. The highest BCUT2D eigenvalue weighted by molar-refractivity contribution is 5.98. The van der Waals surface area contributed by atoms with Gasteiger partial charge in [-0.15, -0.1) is 0 Å². The van der Waals surface area contributed by atoms with Gasteiger partial charge in [-0.05, 0) is 42.0 Å². The van der Waals surface area contributed by atoms with Gasteiger partial charge in [0, 0.05) is 18.5 Å². The molecule has 1 heterocycles. The molecule has 2 unspecified atom stereocenters. The van der Waals surface area contributed by atoms with Crippen LogP contribution < -0.4 is 14.8 Å². The Labute approximate surface area is 191 Å². The van der Waals surface area contributed by atoms with Gasteiger partial charge in [-0.3, -0.25) is 9.59 Å². The van der Waals surface area contributed by atoms with Crippen molar-refractivity contribution in [1.82, 2.24) is 10.2 Å². The topological polar surface area (TPSA) is 67.9 Å². The molecule has 1 N–H and O–H groups in total. The van der Waals surface area contributed by atoms with Crippen molar-refractivity contribution < 1.29 is 23.5 Å². The predicted octanol–water partition coefficient (Wildman–Crippen LogP) is 3.99. The lowest BCUT2D eigenvalue weighted by Gasteiger charge is -2.25. The number of methoxy groups -OCH3 is 1. The number of nitrogens with zero attached hydrogens (tertiary/aromatic N) is 1. The van der Waals surface area contributed by atoms with Crippen LogP contribution in [-0.4, -0.2) is 43.0 Å². The summed E-state index contributed by atoms with van der Waals surface area (Å²) in [5.74, 6) is -0.221. The molecule has 0 radical (unpaired) electrons. The number of hydrogen-bond donors (Lipinski definition) is 1. The van der Waals surface area contributed by atoms with Gasteiger partial charge in [-0.1, -0.05) is 42.5 Å². The lowest BCUT2D eigenvalue weighted by atomic mass is 10.0. The molecule has 6 nitrogen and oxygen atoms in total. The first-order valence-corrected chi connectivity index (χ1v) is 10.7. The molecular formula is C26H25FN2O4. The Hall–Kier alpha value is -3.87. The molecule has 33 heavy (non-hydrogen) atoms. The van der Waals surface area contributed by atoms with Gasteiger partial charge in [0.1, 0.15) is 17.9 Å². The molecule has 1 fully saturated rings. The number of carbonyl (C=O) groups excluding carboxylic acids is 2. The number of halogens is 1. The van der Waals surface area contributed by atoms with Crippen LogP contribution in [0.5, 0.6) is 11.5 Å². The van der Waals surface area contributed by atoms with Gasteiger partial charge >= 0.3 is 0 Å². The van der Waals surface area contributed by atoms with E-state index >= 15 is 0 Å². The molecule has 0 aromatic heterocycles. The Morgan fingerprint density at radius 3 is 2.39 bits per heavy atom. The molecule has 7 heteroatoms. The lowest BCUT2D eigenvalue weighted by molar-refractivity contribution is -0.132. The second-order valence-corrected chi connectivity index (χ2v) is 7.79. The van der Waals surface area contributed by atoms with E-state index in [0.717, 1.165) is 0 Å². The van der Waals surface area contributed by atoms with E-state index in [9.17, 15) is 14.0 Å². The van der Waals surface area contributed by atoms with Crippen molar-refractivity contribution in [1.29, 1.82) is 0 Å². The number of benzene rings is 3. The van der Waals surface area contributed by atoms with Crippen LogP contribution in [0.25, 0.3) is 0 Å². The minimum atomic E-state index is -0.854. The minimum absolute atomic E-state index is 0.171. The molecule has 170 valence electrons. The third-order valence-corrected chi connectivity index (χ3v) is 5.59. The number of amides is 2. The van der Waals surface area contributed by atoms with Gasteiger partial charge in [-0.2, -0.15) is 0 Å². The maximum absolute atomic E-state index is 13.9. The SMILES string of the molecule is COc1ccc(C(=O)NC(C(=O)N2CCC(Oc3ccccc3F)C2)c2ccccc2)cc1. The van der Waals surface area contributed by atoms with Crippen LogP contribution in [0.4, 0.5) is 4.39 Å². The van der Waals surface area contributed by atoms with Crippen molar-refractivity contribution in [2.75, 3.05) is 20.2 Å². The van der Waals surface area contributed by atoms with E-state index in [-0.39, 0.29) is 23.7 Å². The lowest BCUT2D eigenvalue weighted by Crippen LogP contribution is -2.42. The number of nitrogens with one attached hydrogen (secondary N) is 1. The molecule has 3 aromatic carbocycles. The van der Waals surface area contributed by atoms with Crippen LogP contribution in [-0.2, 0) is 4.79 Å². The maximum atomic E-state index is 13.9. The van der Waals surface area contributed by atoms with E-state index in [1.807, 2.05) is 18.2 Å². The standard InChI is InChI=1S/C26H25FN2O4/c1-32-20-13-11-19(12-14-20)25(30)28-24(18-7-3-2-4-8-18)26(31)29-16-15-21(17-29)33-23-10-6-5-9-22(23)27/h2-14,21,24H,15-17H2,1H3,(H,28,30). The van der Waals surface area contributed by atoms with Gasteiger partial charge in [0.25, 0.3) is 5.91 Å². The third kappa shape index (κ3) is 5.31. The highest BCUT2D eigenvalue weighted by atomic mass is 19.1. The van der Waals surface area contributed by atoms with Gasteiger partial charge in [0.05, 0.1) is 13.7 Å². The summed E-state index contributed by atoms with van der Waals surface area (Å²) in [6.45, 7) is 0.772. The highest BCUT2D eigenvalue weighted by Crippen LogP contribution is 2.24. The molecule has 4 rings (SSSR count). The summed E-state index contributed by atoms with van der Waals surface area (Å²) in [4.78, 5) is 28.0. The fourth-order valence-corrected chi connectivity index (χ4v) is 3.82. The molecule has 0 bridgehead atoms. The van der Waals surface area contributed by atoms with Crippen molar-refractivity contribution in [2.24, 2.45) is 0 Å². The zero-order valence-corrected chi connectivity index (χ0v) is 18.2. The molecular weight excluding hydrogens is 423 g/mol. The molecule has 1 saturated heterocycles. The van der Waals surface area contributed by atoms with E-state index in [4.69, 9.17) is 9.47 Å². The second-order valence-electron chi connectivity index (χ2n) is 7.79. The summed E-state index contributed by atoms with van der Waals surface area (Å²) in [6, 6.07) is 21.2. The average molecular weight is 448 g/mol. The monoisotopic (exact) mass is 448 g/mol. The molecule has 3 aromatic rings. The van der Waals surface area contributed by atoms with Gasteiger partial charge in [-0.25, -0.2) is 4.39 Å². The number of likely N-dealkylation sites (tertiary alicyclic amines) is 1. The maximum Gasteiger partial charge on any atom is 0.252 e. The smallest absolute Gasteiger partial charge is 0.252 e. The normalized spacial score (nSPS) is 16.2. The molecule has 0 spiro atoms. The van der Waals surface area contributed by atoms with Crippen molar-refractivity contribution in [3.05, 3.63) is 95.8 Å². The Balaban J connectivity index is 1.48. The van der Waals surface area contributed by atoms with Crippen LogP contribution in [0.1, 0.15) is 28.4 Å². The summed E-state index contributed by atoms with van der Waals surface area (Å²) in [5, 5.41) is 2.87. The van der Waals surface area contributed by atoms with Gasteiger partial charge in [0.2, 0.25) is 5.91 Å². The third-order valence-electron chi connectivity index (χ3n) is 5.59. The van der Waals surface area contributed by atoms with E-state index in [1.54, 1.807) is 66.6 Å². The zero-order chi connectivity index (χ0) is 23.2. The van der Waals surface area contributed by atoms with Crippen molar-refractivity contribution in [3.8, 4) is 11.5 Å². The van der Waals surface area contributed by atoms with Crippen molar-refractivity contribution in [3.63, 3.8) is 0 Å². The Morgan fingerprint density at radius 2 is 1.70 bits per heavy atom. The average Bonchev–Trinajstić information content (AvgIpc) is 3.32. The Morgan fingerprint density at radius 1 is 1.00 bits per heavy atom. The Kier molecular flexibility index (Phi) is 6.88. The highest BCUT2D eigenvalue weighted by Gasteiger charge is 2.34. The van der Waals surface area contributed by atoms with E-state index in [0.29, 0.717) is 36.4 Å². The summed E-state index contributed by atoms with van der Waals surface area (Å²) in [6.07, 6.45) is 0.258. The fraction of sp³-hybridized carbons (Fsp3) is 0.231. The number of rotatable bonds is 7. The van der Waals surface area contributed by atoms with Crippen molar-refractivity contribution >= 4 is 11.8 Å². The number of carbonyl (C=O) groups is 2. The number of hydrogen-bond acceptors (Lipinski definition) is 4. The largest absolute Gasteiger partial charge is 0.497 e. The van der Waals surface area contributed by atoms with E-state index in [2.05, 4.69) is 5.32 Å². The molecule has 1 aliphatic rings. The van der Waals surface area contributed by atoms with Crippen LogP contribution in [0.2, 0.25) is 0 Å². The van der Waals surface area contributed by atoms with Crippen LogP contribution >= 0.6 is 0 Å². The first kappa shape index (κ1) is 22.3. The quantitative estimate of drug-likeness (QED) is 0.594. The predicted molar refractivity (Wildman–Crippen MR) is 122 cm³/mol. The van der Waals surface area contributed by atoms with E-state index < -0.39 is 11.9 Å². The number of para-hydroxylation sites is 1. The fourth-order valence-electron chi connectivity index (χ4n) is 3.82. The van der Waals surface area contributed by atoms with Gasteiger partial charge < -0.3 is 19.7 Å². The van der Waals surface area contributed by atoms with Crippen LogP contribution in [0.3, 0.4) is 0 Å². The first-order chi connectivity index (χ1) is 16.0. The number of ether oxygens (including phenoxy) is 2. The van der Waals surface area contributed by atoms with Crippen molar-refractivity contribution in [2.45, 2.75) is 18.6 Å².